The van der Waals surface area contributed by atoms with E-state index in [0.717, 1.165) is 22.8 Å². The van der Waals surface area contributed by atoms with Crippen LogP contribution in [0.1, 0.15) is 12.8 Å². The second-order valence-electron chi connectivity index (χ2n) is 4.49. The molecule has 20 heavy (non-hydrogen) atoms. The smallest absolute Gasteiger partial charge is 0.238 e. The maximum Gasteiger partial charge on any atom is 0.238 e. The molecule has 0 aliphatic carbocycles. The van der Waals surface area contributed by atoms with E-state index in [1.807, 2.05) is 30.5 Å². The fraction of sp³-hybridized carbons (Fsp3) is 0.429. The monoisotopic (exact) mass is 310 g/mol. The van der Waals surface area contributed by atoms with Crippen LogP contribution in [-0.4, -0.2) is 35.6 Å². The average Bonchev–Trinajstić information content (AvgIpc) is 2.44. The summed E-state index contributed by atoms with van der Waals surface area (Å²) < 4.78 is 0. The number of hydrogen-bond donors (Lipinski definition) is 2. The van der Waals surface area contributed by atoms with E-state index in [-0.39, 0.29) is 23.5 Å². The molecule has 1 aliphatic heterocycles. The van der Waals surface area contributed by atoms with Crippen molar-refractivity contribution in [3.8, 4) is 0 Å². The molecule has 0 aromatic heterocycles. The van der Waals surface area contributed by atoms with Crippen LogP contribution in [0, 0.1) is 0 Å². The number of rotatable bonds is 6. The van der Waals surface area contributed by atoms with Crippen LogP contribution in [0.3, 0.4) is 0 Å². The van der Waals surface area contributed by atoms with Crippen LogP contribution in [0.15, 0.2) is 29.2 Å². The van der Waals surface area contributed by atoms with E-state index in [4.69, 9.17) is 0 Å². The van der Waals surface area contributed by atoms with Gasteiger partial charge in [-0.3, -0.25) is 9.59 Å². The van der Waals surface area contributed by atoms with Crippen molar-refractivity contribution >= 4 is 41.0 Å². The minimum absolute atomic E-state index is 0.0573. The number of para-hydroxylation sites is 1. The van der Waals surface area contributed by atoms with E-state index in [0.29, 0.717) is 6.54 Å². The first-order chi connectivity index (χ1) is 9.70. The molecular weight excluding hydrogens is 292 g/mol. The van der Waals surface area contributed by atoms with Crippen LogP contribution in [0.5, 0.6) is 0 Å². The Bertz CT molecular complexity index is 494. The number of amides is 2. The molecule has 1 aromatic rings. The van der Waals surface area contributed by atoms with Gasteiger partial charge in [0.15, 0.2) is 0 Å². The molecule has 108 valence electrons. The summed E-state index contributed by atoms with van der Waals surface area (Å²) in [6.07, 6.45) is 3.23. The highest BCUT2D eigenvalue weighted by molar-refractivity contribution is 8.01. The maximum atomic E-state index is 12.0. The third-order valence-corrected chi connectivity index (χ3v) is 4.90. The van der Waals surface area contributed by atoms with E-state index >= 15 is 0 Å². The highest BCUT2D eigenvalue weighted by atomic mass is 32.2. The van der Waals surface area contributed by atoms with Gasteiger partial charge in [0.2, 0.25) is 11.8 Å². The van der Waals surface area contributed by atoms with Gasteiger partial charge in [0.1, 0.15) is 0 Å². The summed E-state index contributed by atoms with van der Waals surface area (Å²) in [5.74, 6) is 0.887. The zero-order valence-electron chi connectivity index (χ0n) is 11.3. The van der Waals surface area contributed by atoms with Crippen LogP contribution in [-0.2, 0) is 9.59 Å². The standard InChI is InChI=1S/C14H18N2O2S2/c1-19-8-4-7-15-13(17)9-12-14(18)16-10-5-2-3-6-11(10)20-12/h2-3,5-6,12H,4,7-9H2,1H3,(H,15,17)(H,16,18)/t12-/m0/s1. The van der Waals surface area contributed by atoms with Gasteiger partial charge >= 0.3 is 0 Å². The van der Waals surface area contributed by atoms with Gasteiger partial charge in [0.25, 0.3) is 0 Å². The second kappa shape index (κ2) is 7.59. The lowest BCUT2D eigenvalue weighted by Gasteiger charge is -2.23. The van der Waals surface area contributed by atoms with Crippen LogP contribution in [0.25, 0.3) is 0 Å². The fourth-order valence-electron chi connectivity index (χ4n) is 1.91. The van der Waals surface area contributed by atoms with Gasteiger partial charge in [-0.1, -0.05) is 12.1 Å². The summed E-state index contributed by atoms with van der Waals surface area (Å²) in [6.45, 7) is 0.676. The molecule has 0 spiro atoms. The van der Waals surface area contributed by atoms with Gasteiger partial charge in [0.05, 0.1) is 10.9 Å². The number of hydrogen-bond acceptors (Lipinski definition) is 4. The minimum atomic E-state index is -0.342. The molecule has 0 saturated heterocycles. The van der Waals surface area contributed by atoms with E-state index in [1.54, 1.807) is 11.8 Å². The minimum Gasteiger partial charge on any atom is -0.356 e. The van der Waals surface area contributed by atoms with Gasteiger partial charge in [-0.2, -0.15) is 11.8 Å². The van der Waals surface area contributed by atoms with Crippen molar-refractivity contribution in [2.75, 3.05) is 23.9 Å². The van der Waals surface area contributed by atoms with Crippen molar-refractivity contribution in [1.29, 1.82) is 0 Å². The predicted molar refractivity (Wildman–Crippen MR) is 85.3 cm³/mol. The molecule has 4 nitrogen and oxygen atoms in total. The number of benzene rings is 1. The highest BCUT2D eigenvalue weighted by Gasteiger charge is 2.28. The van der Waals surface area contributed by atoms with Crippen molar-refractivity contribution < 1.29 is 9.59 Å². The molecule has 0 fully saturated rings. The normalized spacial score (nSPS) is 17.2. The Labute approximate surface area is 127 Å². The summed E-state index contributed by atoms with van der Waals surface area (Å²) in [6, 6.07) is 7.66. The molecule has 0 unspecified atom stereocenters. The average molecular weight is 310 g/mol. The Morgan fingerprint density at radius 2 is 2.25 bits per heavy atom. The summed E-state index contributed by atoms with van der Waals surface area (Å²) >= 11 is 3.22. The zero-order chi connectivity index (χ0) is 14.4. The molecule has 2 rings (SSSR count). The first-order valence-electron chi connectivity index (χ1n) is 6.53. The molecule has 1 atom stereocenters. The lowest BCUT2D eigenvalue weighted by Crippen LogP contribution is -2.35. The van der Waals surface area contributed by atoms with E-state index in [9.17, 15) is 9.59 Å². The Kier molecular flexibility index (Phi) is 5.79. The van der Waals surface area contributed by atoms with Crippen molar-refractivity contribution in [3.63, 3.8) is 0 Å². The van der Waals surface area contributed by atoms with Gasteiger partial charge in [-0.15, -0.1) is 11.8 Å². The first-order valence-corrected chi connectivity index (χ1v) is 8.80. The molecular formula is C14H18N2O2S2. The van der Waals surface area contributed by atoms with Crippen LogP contribution >= 0.6 is 23.5 Å². The van der Waals surface area contributed by atoms with Gasteiger partial charge in [-0.05, 0) is 30.6 Å². The molecule has 1 heterocycles. The topological polar surface area (TPSA) is 58.2 Å². The number of nitrogens with one attached hydrogen (secondary N) is 2. The predicted octanol–water partition coefficient (Wildman–Crippen LogP) is 2.36. The molecule has 0 radical (unpaired) electrons. The van der Waals surface area contributed by atoms with Gasteiger partial charge in [0, 0.05) is 17.9 Å². The molecule has 2 N–H and O–H groups in total. The number of fused-ring (bicyclic) bond motifs is 1. The third kappa shape index (κ3) is 4.18. The number of carbonyl (C=O) groups excluding carboxylic acids is 2. The first kappa shape index (κ1) is 15.3. The van der Waals surface area contributed by atoms with Crippen LogP contribution < -0.4 is 10.6 Å². The van der Waals surface area contributed by atoms with Crippen molar-refractivity contribution in [2.45, 2.75) is 23.0 Å². The zero-order valence-corrected chi connectivity index (χ0v) is 13.0. The number of carbonyl (C=O) groups is 2. The second-order valence-corrected chi connectivity index (χ2v) is 6.72. The molecule has 2 amide bonds. The van der Waals surface area contributed by atoms with Gasteiger partial charge < -0.3 is 10.6 Å². The summed E-state index contributed by atoms with van der Waals surface area (Å²) in [4.78, 5) is 24.8. The Balaban J connectivity index is 1.84. The van der Waals surface area contributed by atoms with Crippen molar-refractivity contribution in [3.05, 3.63) is 24.3 Å². The molecule has 6 heteroatoms. The fourth-order valence-corrected chi connectivity index (χ4v) is 3.46. The third-order valence-electron chi connectivity index (χ3n) is 2.92. The summed E-state index contributed by atoms with van der Waals surface area (Å²) in [5, 5.41) is 5.37. The van der Waals surface area contributed by atoms with Crippen LogP contribution in [0.4, 0.5) is 5.69 Å². The summed E-state index contributed by atoms with van der Waals surface area (Å²) in [7, 11) is 0. The van der Waals surface area contributed by atoms with E-state index in [2.05, 4.69) is 10.6 Å². The SMILES string of the molecule is CSCCCNC(=O)C[C@@H]1Sc2ccccc2NC1=O. The Morgan fingerprint density at radius 3 is 3.05 bits per heavy atom. The quantitative estimate of drug-likeness (QED) is 0.792. The Morgan fingerprint density at radius 1 is 1.45 bits per heavy atom. The largest absolute Gasteiger partial charge is 0.356 e. The summed E-state index contributed by atoms with van der Waals surface area (Å²) in [5.41, 5.74) is 0.833. The van der Waals surface area contributed by atoms with Crippen LogP contribution in [0.2, 0.25) is 0 Å². The van der Waals surface area contributed by atoms with E-state index in [1.165, 1.54) is 11.8 Å². The lowest BCUT2D eigenvalue weighted by molar-refractivity contribution is -0.124. The van der Waals surface area contributed by atoms with Crippen molar-refractivity contribution in [2.24, 2.45) is 0 Å². The van der Waals surface area contributed by atoms with E-state index < -0.39 is 0 Å². The molecule has 1 aliphatic rings. The Hall–Kier alpha value is -1.14. The highest BCUT2D eigenvalue weighted by Crippen LogP contribution is 2.36. The number of anilines is 1. The lowest BCUT2D eigenvalue weighted by atomic mass is 10.2. The maximum absolute atomic E-state index is 12.0. The number of thioether (sulfide) groups is 2. The molecule has 1 aromatic carbocycles. The van der Waals surface area contributed by atoms with Crippen molar-refractivity contribution in [1.82, 2.24) is 5.32 Å². The van der Waals surface area contributed by atoms with Gasteiger partial charge in [-0.25, -0.2) is 0 Å². The molecule has 0 bridgehead atoms. The molecule has 0 saturated carbocycles.